The second-order valence-corrected chi connectivity index (χ2v) is 6.53. The summed E-state index contributed by atoms with van der Waals surface area (Å²) in [6.45, 7) is 0. The molecule has 1 amide bonds. The summed E-state index contributed by atoms with van der Waals surface area (Å²) in [6, 6.07) is 4.06. The zero-order valence-corrected chi connectivity index (χ0v) is 12.6. The second kappa shape index (κ2) is 5.43. The van der Waals surface area contributed by atoms with E-state index in [0.29, 0.717) is 5.56 Å². The monoisotopic (exact) mass is 336 g/mol. The van der Waals surface area contributed by atoms with Crippen molar-refractivity contribution in [1.29, 1.82) is 0 Å². The molecule has 0 saturated heterocycles. The molecule has 0 spiro atoms. The van der Waals surface area contributed by atoms with Gasteiger partial charge in [0.15, 0.2) is 0 Å². The molecule has 19 heavy (non-hydrogen) atoms. The van der Waals surface area contributed by atoms with Crippen LogP contribution < -0.4 is 5.32 Å². The summed E-state index contributed by atoms with van der Waals surface area (Å²) in [5.74, 6) is -0.0575. The summed E-state index contributed by atoms with van der Waals surface area (Å²) in [6.07, 6.45) is 6.55. The SMILES string of the molecule is O=C(NC1CCCc2sccc21)c1cncc(Br)c1. The van der Waals surface area contributed by atoms with Crippen LogP contribution in [-0.2, 0) is 6.42 Å². The molecule has 3 nitrogen and oxygen atoms in total. The number of pyridine rings is 1. The molecule has 2 aromatic heterocycles. The predicted octanol–water partition coefficient (Wildman–Crippen LogP) is 3.71. The number of amides is 1. The molecule has 3 rings (SSSR count). The fourth-order valence-corrected chi connectivity index (χ4v) is 3.77. The van der Waals surface area contributed by atoms with E-state index in [1.54, 1.807) is 29.8 Å². The lowest BCUT2D eigenvalue weighted by Crippen LogP contribution is -2.30. The van der Waals surface area contributed by atoms with Gasteiger partial charge >= 0.3 is 0 Å². The minimum atomic E-state index is -0.0575. The maximum Gasteiger partial charge on any atom is 0.253 e. The molecule has 1 atom stereocenters. The third-order valence-corrected chi connectivity index (χ3v) is 4.75. The molecule has 2 heterocycles. The second-order valence-electron chi connectivity index (χ2n) is 4.61. The number of carbonyl (C=O) groups is 1. The van der Waals surface area contributed by atoms with E-state index in [1.807, 2.05) is 0 Å². The fourth-order valence-electron chi connectivity index (χ4n) is 2.41. The van der Waals surface area contributed by atoms with Crippen LogP contribution in [0, 0.1) is 0 Å². The Balaban J connectivity index is 1.78. The summed E-state index contributed by atoms with van der Waals surface area (Å²) in [5.41, 5.74) is 1.88. The maximum absolute atomic E-state index is 12.2. The number of hydrogen-bond donors (Lipinski definition) is 1. The van der Waals surface area contributed by atoms with Crippen molar-refractivity contribution in [2.24, 2.45) is 0 Å². The topological polar surface area (TPSA) is 42.0 Å². The summed E-state index contributed by atoms with van der Waals surface area (Å²) >= 11 is 5.12. The van der Waals surface area contributed by atoms with Crippen LogP contribution in [0.4, 0.5) is 0 Å². The lowest BCUT2D eigenvalue weighted by molar-refractivity contribution is 0.0932. The first-order valence-corrected chi connectivity index (χ1v) is 7.89. The summed E-state index contributed by atoms with van der Waals surface area (Å²) in [5, 5.41) is 5.22. The molecular formula is C14H13BrN2OS. The van der Waals surface area contributed by atoms with Gasteiger partial charge in [-0.25, -0.2) is 0 Å². The van der Waals surface area contributed by atoms with Gasteiger partial charge in [0.25, 0.3) is 5.91 Å². The van der Waals surface area contributed by atoms with E-state index < -0.39 is 0 Å². The van der Waals surface area contributed by atoms with Crippen LogP contribution in [0.3, 0.4) is 0 Å². The number of thiophene rings is 1. The Morgan fingerprint density at radius 1 is 1.47 bits per heavy atom. The van der Waals surface area contributed by atoms with Crippen molar-refractivity contribution in [1.82, 2.24) is 10.3 Å². The van der Waals surface area contributed by atoms with Gasteiger partial charge in [-0.15, -0.1) is 11.3 Å². The van der Waals surface area contributed by atoms with E-state index in [2.05, 4.69) is 37.7 Å². The van der Waals surface area contributed by atoms with E-state index in [9.17, 15) is 4.79 Å². The summed E-state index contributed by atoms with van der Waals surface area (Å²) in [4.78, 5) is 17.7. The quantitative estimate of drug-likeness (QED) is 0.908. The Morgan fingerprint density at radius 2 is 2.37 bits per heavy atom. The van der Waals surface area contributed by atoms with Gasteiger partial charge in [0.05, 0.1) is 11.6 Å². The number of aryl methyl sites for hydroxylation is 1. The zero-order valence-electron chi connectivity index (χ0n) is 10.2. The molecule has 0 bridgehead atoms. The minimum Gasteiger partial charge on any atom is -0.345 e. The lowest BCUT2D eigenvalue weighted by Gasteiger charge is -2.23. The number of carbonyl (C=O) groups excluding carboxylic acids is 1. The molecule has 98 valence electrons. The first kappa shape index (κ1) is 12.8. The summed E-state index contributed by atoms with van der Waals surface area (Å²) < 4.78 is 0.819. The Hall–Kier alpha value is -1.20. The van der Waals surface area contributed by atoms with Gasteiger partial charge in [0.1, 0.15) is 0 Å². The zero-order chi connectivity index (χ0) is 13.2. The first-order chi connectivity index (χ1) is 9.24. The van der Waals surface area contributed by atoms with Crippen molar-refractivity contribution >= 4 is 33.2 Å². The predicted molar refractivity (Wildman–Crippen MR) is 79.4 cm³/mol. The van der Waals surface area contributed by atoms with Gasteiger partial charge in [0.2, 0.25) is 0 Å². The Labute approximate surface area is 124 Å². The van der Waals surface area contributed by atoms with E-state index in [1.165, 1.54) is 10.4 Å². The Morgan fingerprint density at radius 3 is 3.21 bits per heavy atom. The number of fused-ring (bicyclic) bond motifs is 1. The fraction of sp³-hybridized carbons (Fsp3) is 0.286. The number of nitrogens with one attached hydrogen (secondary N) is 1. The highest BCUT2D eigenvalue weighted by Crippen LogP contribution is 2.33. The largest absolute Gasteiger partial charge is 0.345 e. The smallest absolute Gasteiger partial charge is 0.253 e. The van der Waals surface area contributed by atoms with Gasteiger partial charge in [-0.1, -0.05) is 0 Å². The number of hydrogen-bond acceptors (Lipinski definition) is 3. The molecule has 0 saturated carbocycles. The van der Waals surface area contributed by atoms with Crippen molar-refractivity contribution in [2.45, 2.75) is 25.3 Å². The van der Waals surface area contributed by atoms with Crippen LogP contribution in [0.5, 0.6) is 0 Å². The molecule has 1 aliphatic carbocycles. The molecule has 0 aromatic carbocycles. The molecule has 1 unspecified atom stereocenters. The number of nitrogens with zero attached hydrogens (tertiary/aromatic N) is 1. The van der Waals surface area contributed by atoms with Gasteiger partial charge < -0.3 is 5.32 Å². The van der Waals surface area contributed by atoms with Gasteiger partial charge in [-0.05, 0) is 58.3 Å². The number of halogens is 1. The number of rotatable bonds is 2. The number of aromatic nitrogens is 1. The third-order valence-electron chi connectivity index (χ3n) is 3.32. The molecule has 0 aliphatic heterocycles. The lowest BCUT2D eigenvalue weighted by atomic mass is 9.94. The molecular weight excluding hydrogens is 324 g/mol. The average molecular weight is 337 g/mol. The van der Waals surface area contributed by atoms with Gasteiger partial charge in [0, 0.05) is 21.7 Å². The van der Waals surface area contributed by atoms with Gasteiger partial charge in [-0.2, -0.15) is 0 Å². The van der Waals surface area contributed by atoms with E-state index in [-0.39, 0.29) is 11.9 Å². The maximum atomic E-state index is 12.2. The average Bonchev–Trinajstić information content (AvgIpc) is 2.88. The highest BCUT2D eigenvalue weighted by Gasteiger charge is 2.23. The van der Waals surface area contributed by atoms with Crippen molar-refractivity contribution in [3.63, 3.8) is 0 Å². The molecule has 5 heteroatoms. The summed E-state index contributed by atoms with van der Waals surface area (Å²) in [7, 11) is 0. The van der Waals surface area contributed by atoms with E-state index in [4.69, 9.17) is 0 Å². The van der Waals surface area contributed by atoms with Crippen LogP contribution in [0.15, 0.2) is 34.4 Å². The highest BCUT2D eigenvalue weighted by atomic mass is 79.9. The van der Waals surface area contributed by atoms with Crippen molar-refractivity contribution in [3.05, 3.63) is 50.4 Å². The van der Waals surface area contributed by atoms with Gasteiger partial charge in [-0.3, -0.25) is 9.78 Å². The van der Waals surface area contributed by atoms with E-state index >= 15 is 0 Å². The Bertz CT molecular complexity index is 611. The molecule has 0 fully saturated rings. The third kappa shape index (κ3) is 2.72. The first-order valence-electron chi connectivity index (χ1n) is 6.22. The normalized spacial score (nSPS) is 17.8. The molecule has 1 N–H and O–H groups in total. The highest BCUT2D eigenvalue weighted by molar-refractivity contribution is 9.10. The molecule has 0 radical (unpaired) electrons. The van der Waals surface area contributed by atoms with Crippen LogP contribution in [0.1, 0.15) is 39.7 Å². The van der Waals surface area contributed by atoms with Crippen LogP contribution in [0.25, 0.3) is 0 Å². The molecule has 1 aliphatic rings. The van der Waals surface area contributed by atoms with Crippen molar-refractivity contribution < 1.29 is 4.79 Å². The van der Waals surface area contributed by atoms with Crippen LogP contribution in [0.2, 0.25) is 0 Å². The Kier molecular flexibility index (Phi) is 3.66. The van der Waals surface area contributed by atoms with Crippen molar-refractivity contribution in [2.75, 3.05) is 0 Å². The van der Waals surface area contributed by atoms with Crippen LogP contribution in [-0.4, -0.2) is 10.9 Å². The van der Waals surface area contributed by atoms with Crippen molar-refractivity contribution in [3.8, 4) is 0 Å². The van der Waals surface area contributed by atoms with Crippen LogP contribution >= 0.6 is 27.3 Å². The molecule has 2 aromatic rings. The minimum absolute atomic E-state index is 0.0575. The van der Waals surface area contributed by atoms with E-state index in [0.717, 1.165) is 23.7 Å². The standard InChI is InChI=1S/C14H13BrN2OS/c15-10-6-9(7-16-8-10)14(18)17-12-2-1-3-13-11(12)4-5-19-13/h4-8,12H,1-3H2,(H,17,18).